The Labute approximate surface area is 196 Å². The second kappa shape index (κ2) is 9.19. The average Bonchev–Trinajstić information content (AvgIpc) is 3.39. The number of ketones is 2. The monoisotopic (exact) mass is 444 g/mol. The van der Waals surface area contributed by atoms with Crippen molar-refractivity contribution in [3.05, 3.63) is 142 Å². The number of carbonyl (C=O) groups excluding carboxylic acids is 2. The van der Waals surface area contributed by atoms with Crippen molar-refractivity contribution in [2.75, 3.05) is 0 Å². The third kappa shape index (κ3) is 4.45. The Morgan fingerprint density at radius 1 is 0.394 bits per heavy atom. The highest BCUT2D eigenvalue weighted by atomic mass is 32.1. The lowest BCUT2D eigenvalue weighted by Gasteiger charge is -2.04. The molecule has 1 aromatic heterocycles. The van der Waals surface area contributed by atoms with Crippen molar-refractivity contribution in [1.82, 2.24) is 0 Å². The molecule has 5 rings (SSSR count). The number of benzene rings is 4. The lowest BCUT2D eigenvalue weighted by Crippen LogP contribution is -1.99. The Morgan fingerprint density at radius 3 is 1.09 bits per heavy atom. The van der Waals surface area contributed by atoms with Crippen molar-refractivity contribution in [2.45, 2.75) is 0 Å². The second-order valence-electron chi connectivity index (χ2n) is 7.71. The van der Waals surface area contributed by atoms with Gasteiger partial charge in [0, 0.05) is 11.1 Å². The van der Waals surface area contributed by atoms with Crippen LogP contribution in [0.1, 0.15) is 30.5 Å². The van der Waals surface area contributed by atoms with E-state index in [1.165, 1.54) is 11.3 Å². The molecule has 5 aromatic rings. The van der Waals surface area contributed by atoms with Crippen LogP contribution in [0.3, 0.4) is 0 Å². The molecule has 158 valence electrons. The third-order valence-electron chi connectivity index (χ3n) is 5.56. The predicted octanol–water partition coefficient (Wildman–Crippen LogP) is 7.54. The summed E-state index contributed by atoms with van der Waals surface area (Å²) in [5, 5.41) is 0. The molecule has 3 heteroatoms. The molecule has 0 aliphatic rings. The largest absolute Gasteiger partial charge is 0.288 e. The average molecular weight is 445 g/mol. The first-order valence-corrected chi connectivity index (χ1v) is 11.5. The molecule has 0 fully saturated rings. The van der Waals surface area contributed by atoms with Gasteiger partial charge in [0.05, 0.1) is 9.75 Å². The zero-order valence-electron chi connectivity index (χ0n) is 17.8. The van der Waals surface area contributed by atoms with Gasteiger partial charge in [-0.05, 0) is 34.4 Å². The molecule has 0 bridgehead atoms. The number of rotatable bonds is 6. The van der Waals surface area contributed by atoms with Crippen LogP contribution < -0.4 is 0 Å². The molecule has 2 nitrogen and oxygen atoms in total. The van der Waals surface area contributed by atoms with Crippen LogP contribution >= 0.6 is 11.3 Å². The van der Waals surface area contributed by atoms with E-state index in [2.05, 4.69) is 0 Å². The van der Waals surface area contributed by atoms with Gasteiger partial charge in [-0.3, -0.25) is 9.59 Å². The number of hydrogen-bond donors (Lipinski definition) is 0. The van der Waals surface area contributed by atoms with Crippen LogP contribution in [0.2, 0.25) is 0 Å². The first-order valence-electron chi connectivity index (χ1n) is 10.7. The summed E-state index contributed by atoms with van der Waals surface area (Å²) in [4.78, 5) is 27.1. The van der Waals surface area contributed by atoms with Gasteiger partial charge in [0.15, 0.2) is 0 Å². The van der Waals surface area contributed by atoms with E-state index in [1.807, 2.05) is 109 Å². The summed E-state index contributed by atoms with van der Waals surface area (Å²) >= 11 is 1.24. The molecule has 0 saturated carbocycles. The van der Waals surface area contributed by atoms with Gasteiger partial charge in [-0.2, -0.15) is 0 Å². The van der Waals surface area contributed by atoms with Gasteiger partial charge < -0.3 is 0 Å². The topological polar surface area (TPSA) is 34.1 Å². The molecule has 33 heavy (non-hydrogen) atoms. The number of carbonyl (C=O) groups is 2. The highest BCUT2D eigenvalue weighted by Crippen LogP contribution is 2.26. The van der Waals surface area contributed by atoms with Crippen molar-refractivity contribution < 1.29 is 9.59 Å². The van der Waals surface area contributed by atoms with Gasteiger partial charge in [0.1, 0.15) is 0 Å². The van der Waals surface area contributed by atoms with Crippen molar-refractivity contribution in [3.63, 3.8) is 0 Å². The van der Waals surface area contributed by atoms with Crippen LogP contribution in [-0.2, 0) is 0 Å². The Balaban J connectivity index is 1.32. The molecule has 0 aliphatic heterocycles. The molecule has 4 aromatic carbocycles. The number of thiophene rings is 1. The van der Waals surface area contributed by atoms with E-state index < -0.39 is 0 Å². The normalized spacial score (nSPS) is 10.7. The van der Waals surface area contributed by atoms with Crippen LogP contribution in [0, 0.1) is 0 Å². The fourth-order valence-corrected chi connectivity index (χ4v) is 4.69. The third-order valence-corrected chi connectivity index (χ3v) is 6.64. The zero-order chi connectivity index (χ0) is 22.6. The molecule has 0 unspecified atom stereocenters. The van der Waals surface area contributed by atoms with Crippen molar-refractivity contribution in [2.24, 2.45) is 0 Å². The maximum atomic E-state index is 13.0. The summed E-state index contributed by atoms with van der Waals surface area (Å²) in [6.07, 6.45) is 0. The van der Waals surface area contributed by atoms with Crippen LogP contribution in [0.5, 0.6) is 0 Å². The van der Waals surface area contributed by atoms with Crippen molar-refractivity contribution in [3.8, 4) is 22.3 Å². The van der Waals surface area contributed by atoms with E-state index in [0.717, 1.165) is 22.3 Å². The van der Waals surface area contributed by atoms with E-state index in [1.54, 1.807) is 12.1 Å². The molecule has 0 N–H and O–H groups in total. The summed E-state index contributed by atoms with van der Waals surface area (Å²) in [7, 11) is 0. The lowest BCUT2D eigenvalue weighted by molar-refractivity contribution is 0.103. The maximum absolute atomic E-state index is 13.0. The molecule has 0 atom stereocenters. The highest BCUT2D eigenvalue weighted by molar-refractivity contribution is 7.16. The summed E-state index contributed by atoms with van der Waals surface area (Å²) in [6, 6.07) is 38.8. The first-order chi connectivity index (χ1) is 16.2. The van der Waals surface area contributed by atoms with Gasteiger partial charge in [0.2, 0.25) is 11.6 Å². The van der Waals surface area contributed by atoms with Crippen LogP contribution in [-0.4, -0.2) is 11.6 Å². The van der Waals surface area contributed by atoms with Gasteiger partial charge in [-0.1, -0.05) is 109 Å². The second-order valence-corrected chi connectivity index (χ2v) is 8.79. The molecule has 0 saturated heterocycles. The molecule has 0 radical (unpaired) electrons. The molecule has 1 heterocycles. The molecular formula is C30H20O2S. The Hall–Kier alpha value is -4.08. The first kappa shape index (κ1) is 20.8. The van der Waals surface area contributed by atoms with Gasteiger partial charge in [-0.25, -0.2) is 0 Å². The summed E-state index contributed by atoms with van der Waals surface area (Å²) in [5.41, 5.74) is 5.57. The minimum Gasteiger partial charge on any atom is -0.288 e. The predicted molar refractivity (Wildman–Crippen MR) is 135 cm³/mol. The summed E-state index contributed by atoms with van der Waals surface area (Å²) < 4.78 is 0. The fourth-order valence-electron chi connectivity index (χ4n) is 3.76. The van der Waals surface area contributed by atoms with Crippen molar-refractivity contribution >= 4 is 22.9 Å². The van der Waals surface area contributed by atoms with Gasteiger partial charge in [-0.15, -0.1) is 11.3 Å². The zero-order valence-corrected chi connectivity index (χ0v) is 18.6. The van der Waals surface area contributed by atoms with E-state index >= 15 is 0 Å². The maximum Gasteiger partial charge on any atom is 0.202 e. The van der Waals surface area contributed by atoms with Crippen molar-refractivity contribution in [1.29, 1.82) is 0 Å². The Morgan fingerprint density at radius 2 is 0.727 bits per heavy atom. The minimum atomic E-state index is -0.0712. The molecule has 0 amide bonds. The molecule has 0 aliphatic carbocycles. The number of hydrogen-bond acceptors (Lipinski definition) is 3. The summed E-state index contributed by atoms with van der Waals surface area (Å²) in [6.45, 7) is 0. The van der Waals surface area contributed by atoms with Crippen LogP contribution in [0.25, 0.3) is 22.3 Å². The summed E-state index contributed by atoms with van der Waals surface area (Å²) in [5.74, 6) is -0.142. The van der Waals surface area contributed by atoms with Gasteiger partial charge >= 0.3 is 0 Å². The Bertz CT molecular complexity index is 1290. The fraction of sp³-hybridized carbons (Fsp3) is 0. The van der Waals surface area contributed by atoms with E-state index in [4.69, 9.17) is 0 Å². The SMILES string of the molecule is O=C(c1ccc(-c2ccccc2)cc1)c1ccc(C(=O)c2ccc(-c3ccccc3)cc2)s1. The highest BCUT2D eigenvalue weighted by Gasteiger charge is 2.17. The minimum absolute atomic E-state index is 0.0712. The molecular weight excluding hydrogens is 424 g/mol. The van der Waals surface area contributed by atoms with E-state index in [9.17, 15) is 9.59 Å². The van der Waals surface area contributed by atoms with E-state index in [-0.39, 0.29) is 11.6 Å². The molecule has 0 spiro atoms. The quantitative estimate of drug-likeness (QED) is 0.253. The van der Waals surface area contributed by atoms with E-state index in [0.29, 0.717) is 20.9 Å². The van der Waals surface area contributed by atoms with Crippen LogP contribution in [0.15, 0.2) is 121 Å². The van der Waals surface area contributed by atoms with Crippen LogP contribution in [0.4, 0.5) is 0 Å². The Kier molecular flexibility index (Phi) is 5.79. The van der Waals surface area contributed by atoms with Gasteiger partial charge in [0.25, 0.3) is 0 Å². The smallest absolute Gasteiger partial charge is 0.202 e. The standard InChI is InChI=1S/C30H20O2S/c31-29(25-15-11-23(12-16-25)21-7-3-1-4-8-21)27-19-20-28(33-27)30(32)26-17-13-24(14-18-26)22-9-5-2-6-10-22/h1-20H. The lowest BCUT2D eigenvalue weighted by atomic mass is 10.0.